The highest BCUT2D eigenvalue weighted by atomic mass is 35.5. The number of halogens is 4. The van der Waals surface area contributed by atoms with Crippen molar-refractivity contribution in [1.82, 2.24) is 9.80 Å². The molecule has 3 heterocycles. The molecule has 1 atom stereocenters. The normalized spacial score (nSPS) is 19.4. The predicted octanol–water partition coefficient (Wildman–Crippen LogP) is 9.11. The summed E-state index contributed by atoms with van der Waals surface area (Å²) in [4.78, 5) is 19.8. The van der Waals surface area contributed by atoms with E-state index >= 15 is 13.2 Å². The highest BCUT2D eigenvalue weighted by Crippen LogP contribution is 2.48. The van der Waals surface area contributed by atoms with Crippen LogP contribution in [-0.4, -0.2) is 115 Å². The number of nitrogens with zero attached hydrogens (tertiary/aromatic N) is 3. The third kappa shape index (κ3) is 10.7. The maximum absolute atomic E-state index is 15.1. The van der Waals surface area contributed by atoms with E-state index in [0.29, 0.717) is 69.7 Å². The number of benzene rings is 4. The number of anilines is 3. The molecule has 0 bridgehead atoms. The number of thioether (sulfide) groups is 1. The molecule has 4 aromatic rings. The molecule has 11 nitrogen and oxygen atoms in total. The third-order valence-electron chi connectivity index (χ3n) is 12.6. The largest absolute Gasteiger partial charge is 0.502 e. The molecule has 3 aliphatic heterocycles. The van der Waals surface area contributed by atoms with E-state index in [-0.39, 0.29) is 50.9 Å². The van der Waals surface area contributed by atoms with Crippen molar-refractivity contribution in [3.8, 4) is 0 Å². The molecule has 0 radical (unpaired) electrons. The van der Waals surface area contributed by atoms with E-state index in [9.17, 15) is 21.6 Å². The summed E-state index contributed by atoms with van der Waals surface area (Å²) >= 11 is 7.74. The molecule has 1 aliphatic carbocycles. The van der Waals surface area contributed by atoms with Gasteiger partial charge in [0, 0.05) is 74.1 Å². The highest BCUT2D eigenvalue weighted by molar-refractivity contribution is 7.99. The number of morpholine rings is 1. The first-order valence-corrected chi connectivity index (χ1v) is 26.1. The summed E-state index contributed by atoms with van der Waals surface area (Å²) in [6.07, 6.45) is 3.23. The van der Waals surface area contributed by atoms with Crippen LogP contribution in [0.1, 0.15) is 55.5 Å². The molecule has 18 heteroatoms. The number of hydrogen-bond acceptors (Lipinski definition) is 11. The van der Waals surface area contributed by atoms with Crippen molar-refractivity contribution in [2.24, 2.45) is 5.41 Å². The van der Waals surface area contributed by atoms with Crippen LogP contribution in [0.3, 0.4) is 0 Å². The number of carbonyl (C=O) groups is 1. The molecular weight excluding hydrogens is 919 g/mol. The number of nitrogens with one attached hydrogen (secondary N) is 2. The van der Waals surface area contributed by atoms with Crippen LogP contribution in [0, 0.1) is 5.41 Å². The molecule has 4 aromatic carbocycles. The third-order valence-corrected chi connectivity index (χ3v) is 17.3. The fourth-order valence-corrected chi connectivity index (χ4v) is 12.8. The first-order chi connectivity index (χ1) is 30.9. The lowest BCUT2D eigenvalue weighted by Crippen LogP contribution is -2.48. The summed E-state index contributed by atoms with van der Waals surface area (Å²) in [6, 6.07) is 23.7. The minimum atomic E-state index is -6.08. The van der Waals surface area contributed by atoms with Crippen LogP contribution >= 0.6 is 23.4 Å². The summed E-state index contributed by atoms with van der Waals surface area (Å²) in [5.41, 5.74) is -2.93. The molecule has 8 rings (SSSR count). The van der Waals surface area contributed by atoms with Crippen molar-refractivity contribution < 1.29 is 39.5 Å². The second-order valence-corrected chi connectivity index (χ2v) is 23.0. The van der Waals surface area contributed by atoms with Gasteiger partial charge in [0.1, 0.15) is 9.79 Å². The number of alkyl halides is 3. The van der Waals surface area contributed by atoms with E-state index in [1.54, 1.807) is 4.90 Å². The lowest BCUT2D eigenvalue weighted by atomic mass is 9.73. The van der Waals surface area contributed by atoms with Crippen LogP contribution in [0.4, 0.5) is 30.2 Å². The number of rotatable bonds is 15. The van der Waals surface area contributed by atoms with Crippen molar-refractivity contribution in [3.63, 3.8) is 0 Å². The van der Waals surface area contributed by atoms with Crippen LogP contribution in [-0.2, 0) is 24.4 Å². The fourth-order valence-electron chi connectivity index (χ4n) is 9.07. The lowest BCUT2D eigenvalue weighted by molar-refractivity contribution is -0.0435. The zero-order valence-corrected chi connectivity index (χ0v) is 39.5. The monoisotopic (exact) mass is 971 g/mol. The van der Waals surface area contributed by atoms with Crippen molar-refractivity contribution in [2.45, 2.75) is 70.7 Å². The molecule has 2 fully saturated rings. The maximum atomic E-state index is 15.1. The number of carbonyl (C=O) groups excluding carboxylic acids is 1. The quantitative estimate of drug-likeness (QED) is 0.0771. The van der Waals surface area contributed by atoms with Gasteiger partial charge < -0.3 is 20.3 Å². The van der Waals surface area contributed by atoms with E-state index in [2.05, 4.69) is 34.3 Å². The average Bonchev–Trinajstić information content (AvgIpc) is 3.85. The molecule has 348 valence electrons. The Bertz CT molecular complexity index is 2650. The maximum Gasteiger partial charge on any atom is 0.502 e. The first-order valence-electron chi connectivity index (χ1n) is 21.8. The Labute approximate surface area is 388 Å². The van der Waals surface area contributed by atoms with E-state index in [1.807, 2.05) is 54.6 Å². The van der Waals surface area contributed by atoms with Gasteiger partial charge in [-0.3, -0.25) is 14.6 Å². The fraction of sp³-hybridized carbons (Fsp3) is 0.426. The first kappa shape index (κ1) is 47.4. The van der Waals surface area contributed by atoms with Gasteiger partial charge in [-0.1, -0.05) is 67.4 Å². The Morgan fingerprint density at radius 2 is 1.58 bits per heavy atom. The number of fused-ring (bicyclic) bond motifs is 1. The van der Waals surface area contributed by atoms with Crippen LogP contribution < -0.4 is 15.5 Å². The van der Waals surface area contributed by atoms with Crippen LogP contribution in [0.15, 0.2) is 110 Å². The minimum absolute atomic E-state index is 0.00596. The van der Waals surface area contributed by atoms with Crippen LogP contribution in [0.5, 0.6) is 0 Å². The number of piperazine rings is 1. The predicted molar refractivity (Wildman–Crippen MR) is 251 cm³/mol. The molecule has 0 saturated carbocycles. The SMILES string of the molecule is CC1(C)CCC(c2ccc(Cl)cc2)=C(CN2CCN(c3c(NC(=O)c4cccc5c4S5(=O)=O)ccc(N[C@H](CCN4CCOCC4)CSc4ccccc4)c3S(=O)(=O)C(F)(F)F)CC2)C1. The molecule has 65 heavy (non-hydrogen) atoms. The Balaban J connectivity index is 1.16. The van der Waals surface area contributed by atoms with Gasteiger partial charge in [0.2, 0.25) is 9.84 Å². The molecule has 2 N–H and O–H groups in total. The summed E-state index contributed by atoms with van der Waals surface area (Å²) in [5.74, 6) is -0.479. The van der Waals surface area contributed by atoms with E-state index in [4.69, 9.17) is 16.3 Å². The van der Waals surface area contributed by atoms with Crippen molar-refractivity contribution in [3.05, 3.63) is 107 Å². The Hall–Kier alpha value is -4.10. The summed E-state index contributed by atoms with van der Waals surface area (Å²) < 4.78 is 104. The summed E-state index contributed by atoms with van der Waals surface area (Å²) in [7, 11) is -9.87. The van der Waals surface area contributed by atoms with E-state index in [1.165, 1.54) is 53.2 Å². The van der Waals surface area contributed by atoms with E-state index in [0.717, 1.165) is 29.7 Å². The molecular formula is C47H53ClF3N5O6S3. The van der Waals surface area contributed by atoms with Crippen molar-refractivity contribution in [2.75, 3.05) is 86.9 Å². The van der Waals surface area contributed by atoms with Gasteiger partial charge in [0.05, 0.1) is 40.7 Å². The minimum Gasteiger partial charge on any atom is -0.380 e. The van der Waals surface area contributed by atoms with Crippen LogP contribution in [0.2, 0.25) is 5.02 Å². The molecule has 0 spiro atoms. The highest BCUT2D eigenvalue weighted by Gasteiger charge is 2.51. The Morgan fingerprint density at radius 1 is 0.892 bits per heavy atom. The van der Waals surface area contributed by atoms with Gasteiger partial charge >= 0.3 is 5.51 Å². The zero-order valence-electron chi connectivity index (χ0n) is 36.3. The summed E-state index contributed by atoms with van der Waals surface area (Å²) in [5, 5.41) is 6.54. The molecule has 4 aliphatic rings. The van der Waals surface area contributed by atoms with Gasteiger partial charge in [-0.05, 0) is 90.8 Å². The number of allylic oxidation sites excluding steroid dienone is 1. The standard InChI is InChI=1S/C47H53ClF3N5O6S3/c1-46(2)19-17-37(32-11-13-34(48)14-12-32)33(29-46)30-55-21-23-56(24-22-55)42-39(53-45(57)38-9-6-10-41-43(38)64(41,58)59)15-16-40(44(42)65(60,61)47(49,50)51)52-35(18-20-54-25-27-62-28-26-54)31-63-36-7-4-3-5-8-36/h3-16,35,52H,17-31H2,1-2H3,(H,53,57)/t35-/m1/s1. The van der Waals surface area contributed by atoms with Gasteiger partial charge in [0.25, 0.3) is 15.7 Å². The van der Waals surface area contributed by atoms with Gasteiger partial charge in [-0.25, -0.2) is 16.8 Å². The lowest BCUT2D eigenvalue weighted by Gasteiger charge is -2.40. The van der Waals surface area contributed by atoms with Gasteiger partial charge in [0.15, 0.2) is 0 Å². The topological polar surface area (TPSA) is 128 Å². The number of ether oxygens (including phenoxy) is 1. The zero-order chi connectivity index (χ0) is 46.1. The molecule has 1 amide bonds. The molecule has 2 saturated heterocycles. The Kier molecular flexibility index (Phi) is 14.0. The smallest absolute Gasteiger partial charge is 0.380 e. The number of amides is 1. The molecule has 0 unspecified atom stereocenters. The van der Waals surface area contributed by atoms with Crippen molar-refractivity contribution >= 4 is 71.6 Å². The second-order valence-electron chi connectivity index (χ2n) is 17.8. The number of sulfone groups is 2. The molecule has 0 aromatic heterocycles. The Morgan fingerprint density at radius 3 is 2.28 bits per heavy atom. The second kappa shape index (κ2) is 19.2. The average molecular weight is 973 g/mol. The van der Waals surface area contributed by atoms with Gasteiger partial charge in [-0.2, -0.15) is 13.2 Å². The van der Waals surface area contributed by atoms with E-state index < -0.39 is 42.0 Å². The van der Waals surface area contributed by atoms with Crippen molar-refractivity contribution in [1.29, 1.82) is 0 Å². The summed E-state index contributed by atoms with van der Waals surface area (Å²) in [6.45, 7) is 9.25. The van der Waals surface area contributed by atoms with Crippen LogP contribution in [0.25, 0.3) is 5.57 Å². The van der Waals surface area contributed by atoms with Gasteiger partial charge in [-0.15, -0.1) is 11.8 Å². The number of hydrogen-bond donors (Lipinski definition) is 2.